The van der Waals surface area contributed by atoms with Gasteiger partial charge in [0.1, 0.15) is 11.6 Å². The fourth-order valence-corrected chi connectivity index (χ4v) is 1.55. The van der Waals surface area contributed by atoms with Crippen LogP contribution in [0.1, 0.15) is 24.8 Å². The molecule has 3 nitrogen and oxygen atoms in total. The molecule has 1 aliphatic carbocycles. The van der Waals surface area contributed by atoms with E-state index < -0.39 is 5.82 Å². The molecule has 0 radical (unpaired) electrons. The number of aliphatic hydroxyl groups excluding tert-OH is 1. The van der Waals surface area contributed by atoms with Gasteiger partial charge in [-0.2, -0.15) is 0 Å². The first-order valence-electron chi connectivity index (χ1n) is 6.39. The van der Waals surface area contributed by atoms with Gasteiger partial charge in [0.05, 0.1) is 13.2 Å². The standard InChI is InChI=1S/C15H17FO3/c16-14-7-13(3-1-2-6-17)8-15(9-14)19-11-18-10-12-4-5-12/h7-9,12,17H,2,4-6,10-11H2. The molecule has 1 aliphatic rings. The van der Waals surface area contributed by atoms with Gasteiger partial charge in [0, 0.05) is 18.1 Å². The van der Waals surface area contributed by atoms with Crippen molar-refractivity contribution >= 4 is 0 Å². The molecule has 0 aliphatic heterocycles. The van der Waals surface area contributed by atoms with Crippen molar-refractivity contribution in [2.45, 2.75) is 19.3 Å². The summed E-state index contributed by atoms with van der Waals surface area (Å²) in [6.45, 7) is 0.836. The van der Waals surface area contributed by atoms with E-state index in [1.165, 1.54) is 25.0 Å². The Hall–Kier alpha value is -1.57. The first kappa shape index (κ1) is 13.9. The van der Waals surface area contributed by atoms with Crippen molar-refractivity contribution < 1.29 is 19.0 Å². The molecule has 0 aromatic heterocycles. The van der Waals surface area contributed by atoms with Crippen LogP contribution < -0.4 is 4.74 Å². The normalized spacial score (nSPS) is 13.8. The van der Waals surface area contributed by atoms with E-state index in [2.05, 4.69) is 11.8 Å². The van der Waals surface area contributed by atoms with Crippen LogP contribution in [-0.2, 0) is 4.74 Å². The minimum absolute atomic E-state index is 0.000674. The molecular formula is C15H17FO3. The number of ether oxygens (including phenoxy) is 2. The van der Waals surface area contributed by atoms with Gasteiger partial charge >= 0.3 is 0 Å². The highest BCUT2D eigenvalue weighted by molar-refractivity contribution is 5.40. The van der Waals surface area contributed by atoms with Crippen molar-refractivity contribution in [1.82, 2.24) is 0 Å². The van der Waals surface area contributed by atoms with Crippen molar-refractivity contribution in [3.8, 4) is 17.6 Å². The lowest BCUT2D eigenvalue weighted by atomic mass is 10.2. The molecule has 102 valence electrons. The molecular weight excluding hydrogens is 247 g/mol. The lowest BCUT2D eigenvalue weighted by Crippen LogP contribution is -2.05. The number of aliphatic hydroxyl groups is 1. The predicted molar refractivity (Wildman–Crippen MR) is 69.2 cm³/mol. The zero-order valence-corrected chi connectivity index (χ0v) is 10.7. The van der Waals surface area contributed by atoms with Gasteiger partial charge in [0.2, 0.25) is 0 Å². The summed E-state index contributed by atoms with van der Waals surface area (Å²) in [7, 11) is 0. The maximum atomic E-state index is 13.3. The molecule has 0 spiro atoms. The molecule has 1 saturated carbocycles. The Balaban J connectivity index is 1.86. The smallest absolute Gasteiger partial charge is 0.189 e. The highest BCUT2D eigenvalue weighted by atomic mass is 19.1. The summed E-state index contributed by atoms with van der Waals surface area (Å²) in [6.07, 6.45) is 2.83. The van der Waals surface area contributed by atoms with E-state index in [1.807, 2.05) is 0 Å². The number of benzene rings is 1. The van der Waals surface area contributed by atoms with Crippen LogP contribution in [0.4, 0.5) is 4.39 Å². The first-order valence-corrected chi connectivity index (χ1v) is 6.39. The summed E-state index contributed by atoms with van der Waals surface area (Å²) in [4.78, 5) is 0. The molecule has 4 heteroatoms. The molecule has 0 heterocycles. The Morgan fingerprint density at radius 2 is 2.16 bits per heavy atom. The number of rotatable bonds is 6. The third-order valence-electron chi connectivity index (χ3n) is 2.70. The lowest BCUT2D eigenvalue weighted by molar-refractivity contribution is 0.00983. The van der Waals surface area contributed by atoms with Gasteiger partial charge in [-0.1, -0.05) is 11.8 Å². The molecule has 0 amide bonds. The van der Waals surface area contributed by atoms with Gasteiger partial charge in [-0.15, -0.1) is 0 Å². The van der Waals surface area contributed by atoms with Crippen LogP contribution in [0.25, 0.3) is 0 Å². The second-order valence-electron chi connectivity index (χ2n) is 4.53. The molecule has 1 N–H and O–H groups in total. The van der Waals surface area contributed by atoms with Gasteiger partial charge in [0.25, 0.3) is 0 Å². The Morgan fingerprint density at radius 1 is 1.32 bits per heavy atom. The molecule has 2 rings (SSSR count). The van der Waals surface area contributed by atoms with Crippen molar-refractivity contribution in [2.24, 2.45) is 5.92 Å². The first-order chi connectivity index (χ1) is 9.28. The molecule has 1 aromatic rings. The average molecular weight is 264 g/mol. The van der Waals surface area contributed by atoms with Gasteiger partial charge in [-0.05, 0) is 30.9 Å². The van der Waals surface area contributed by atoms with Gasteiger partial charge < -0.3 is 14.6 Å². The summed E-state index contributed by atoms with van der Waals surface area (Å²) in [5, 5.41) is 8.63. The number of hydrogen-bond donors (Lipinski definition) is 1. The van der Waals surface area contributed by atoms with Gasteiger partial charge in [-0.3, -0.25) is 0 Å². The van der Waals surface area contributed by atoms with Crippen LogP contribution >= 0.6 is 0 Å². The summed E-state index contributed by atoms with van der Waals surface area (Å²) < 4.78 is 24.0. The second-order valence-corrected chi connectivity index (χ2v) is 4.53. The maximum Gasteiger partial charge on any atom is 0.189 e. The highest BCUT2D eigenvalue weighted by Crippen LogP contribution is 2.28. The topological polar surface area (TPSA) is 38.7 Å². The Morgan fingerprint density at radius 3 is 2.89 bits per heavy atom. The Labute approximate surface area is 112 Å². The van der Waals surface area contributed by atoms with E-state index in [1.54, 1.807) is 6.07 Å². The highest BCUT2D eigenvalue weighted by Gasteiger charge is 2.21. The lowest BCUT2D eigenvalue weighted by Gasteiger charge is -2.07. The zero-order chi connectivity index (χ0) is 13.5. The average Bonchev–Trinajstić information content (AvgIpc) is 3.18. The van der Waals surface area contributed by atoms with Gasteiger partial charge in [-0.25, -0.2) is 4.39 Å². The SMILES string of the molecule is OCCC#Cc1cc(F)cc(OCOCC2CC2)c1. The largest absolute Gasteiger partial charge is 0.467 e. The monoisotopic (exact) mass is 264 g/mol. The minimum atomic E-state index is -0.395. The van der Waals surface area contributed by atoms with Crippen molar-refractivity contribution in [1.29, 1.82) is 0 Å². The van der Waals surface area contributed by atoms with Gasteiger partial charge in [0.15, 0.2) is 6.79 Å². The molecule has 1 fully saturated rings. The van der Waals surface area contributed by atoms with Crippen LogP contribution in [0, 0.1) is 23.6 Å². The molecule has 19 heavy (non-hydrogen) atoms. The molecule has 0 bridgehead atoms. The fourth-order valence-electron chi connectivity index (χ4n) is 1.55. The molecule has 1 aromatic carbocycles. The third kappa shape index (κ3) is 5.29. The zero-order valence-electron chi connectivity index (χ0n) is 10.7. The van der Waals surface area contributed by atoms with E-state index in [9.17, 15) is 4.39 Å². The summed E-state index contributed by atoms with van der Waals surface area (Å²) >= 11 is 0. The predicted octanol–water partition coefficient (Wildman–Crippen LogP) is 2.32. The van der Waals surface area contributed by atoms with E-state index in [0.717, 1.165) is 0 Å². The Kier molecular flexibility index (Phi) is 5.20. The number of hydrogen-bond acceptors (Lipinski definition) is 3. The van der Waals surface area contributed by atoms with E-state index in [-0.39, 0.29) is 13.4 Å². The van der Waals surface area contributed by atoms with Crippen LogP contribution in [0.5, 0.6) is 5.75 Å². The minimum Gasteiger partial charge on any atom is -0.467 e. The van der Waals surface area contributed by atoms with E-state index in [4.69, 9.17) is 14.6 Å². The summed E-state index contributed by atoms with van der Waals surface area (Å²) in [5.74, 6) is 6.21. The number of halogens is 1. The quantitative estimate of drug-likeness (QED) is 0.487. The van der Waals surface area contributed by atoms with Crippen LogP contribution in [-0.4, -0.2) is 25.1 Å². The summed E-state index contributed by atoms with van der Waals surface area (Å²) in [6, 6.07) is 4.30. The maximum absolute atomic E-state index is 13.3. The van der Waals surface area contributed by atoms with E-state index >= 15 is 0 Å². The van der Waals surface area contributed by atoms with Crippen molar-refractivity contribution in [3.63, 3.8) is 0 Å². The van der Waals surface area contributed by atoms with Crippen LogP contribution in [0.3, 0.4) is 0 Å². The van der Waals surface area contributed by atoms with Crippen molar-refractivity contribution in [3.05, 3.63) is 29.6 Å². The third-order valence-corrected chi connectivity index (χ3v) is 2.70. The second kappa shape index (κ2) is 7.13. The molecule has 0 atom stereocenters. The fraction of sp³-hybridized carbons (Fsp3) is 0.467. The summed E-state index contributed by atoms with van der Waals surface area (Å²) in [5.41, 5.74) is 0.533. The van der Waals surface area contributed by atoms with Crippen molar-refractivity contribution in [2.75, 3.05) is 20.0 Å². The Bertz CT molecular complexity index is 472. The molecule has 0 unspecified atom stereocenters. The molecule has 0 saturated heterocycles. The van der Waals surface area contributed by atoms with Crippen LogP contribution in [0.15, 0.2) is 18.2 Å². The van der Waals surface area contributed by atoms with Crippen LogP contribution in [0.2, 0.25) is 0 Å². The van der Waals surface area contributed by atoms with E-state index in [0.29, 0.717) is 30.3 Å².